The number of aromatic nitrogens is 3. The van der Waals surface area contributed by atoms with E-state index in [1.807, 2.05) is 31.2 Å². The monoisotopic (exact) mass is 423 g/mol. The molecule has 0 unspecified atom stereocenters. The smallest absolute Gasteiger partial charge is 0.229 e. The Morgan fingerprint density at radius 3 is 2.63 bits per heavy atom. The molecule has 1 aliphatic heterocycles. The van der Waals surface area contributed by atoms with Crippen molar-refractivity contribution in [1.82, 2.24) is 15.0 Å². The highest BCUT2D eigenvalue weighted by atomic mass is 79.9. The van der Waals surface area contributed by atoms with E-state index in [0.29, 0.717) is 17.9 Å². The molecule has 0 amide bonds. The van der Waals surface area contributed by atoms with Crippen LogP contribution in [0, 0.1) is 6.92 Å². The topological polar surface area (TPSA) is 61.0 Å². The number of pyridine rings is 1. The van der Waals surface area contributed by atoms with Gasteiger partial charge in [0.1, 0.15) is 17.5 Å². The van der Waals surface area contributed by atoms with Crippen molar-refractivity contribution in [2.45, 2.75) is 39.4 Å². The fourth-order valence-electron chi connectivity index (χ4n) is 3.78. The number of nitrogens with zero attached hydrogens (tertiary/aromatic N) is 3. The maximum Gasteiger partial charge on any atom is 0.229 e. The summed E-state index contributed by atoms with van der Waals surface area (Å²) in [5, 5.41) is 0.989. The first-order chi connectivity index (χ1) is 12.9. The number of furan rings is 1. The fourth-order valence-corrected chi connectivity index (χ4v) is 4.05. The minimum atomic E-state index is -0.223. The SMILES string of the molecule is Cc1nc2oc3c(-c4ccc(Br)cc4)ncnc3c2c2c1COC(C)(C)C2. The average molecular weight is 424 g/mol. The summed E-state index contributed by atoms with van der Waals surface area (Å²) in [7, 11) is 0. The Labute approximate surface area is 164 Å². The molecule has 0 saturated heterocycles. The molecular weight excluding hydrogens is 406 g/mol. The van der Waals surface area contributed by atoms with Gasteiger partial charge in [0.15, 0.2) is 5.58 Å². The molecular formula is C21H18BrN3O2. The molecule has 0 spiro atoms. The first kappa shape index (κ1) is 16.8. The van der Waals surface area contributed by atoms with Crippen LogP contribution in [0.1, 0.15) is 30.7 Å². The molecule has 5 nitrogen and oxygen atoms in total. The summed E-state index contributed by atoms with van der Waals surface area (Å²) in [5.74, 6) is 0. The van der Waals surface area contributed by atoms with Gasteiger partial charge in [0.2, 0.25) is 5.71 Å². The van der Waals surface area contributed by atoms with E-state index in [-0.39, 0.29) is 5.60 Å². The molecule has 0 saturated carbocycles. The number of fused-ring (bicyclic) bond motifs is 5. The molecule has 0 radical (unpaired) electrons. The predicted molar refractivity (Wildman–Crippen MR) is 108 cm³/mol. The van der Waals surface area contributed by atoms with Gasteiger partial charge in [-0.3, -0.25) is 0 Å². The van der Waals surface area contributed by atoms with Crippen LogP contribution in [0.3, 0.4) is 0 Å². The van der Waals surface area contributed by atoms with Crippen LogP contribution < -0.4 is 0 Å². The van der Waals surface area contributed by atoms with Gasteiger partial charge < -0.3 is 9.15 Å². The van der Waals surface area contributed by atoms with E-state index in [0.717, 1.165) is 44.3 Å². The van der Waals surface area contributed by atoms with E-state index in [2.05, 4.69) is 39.7 Å². The molecule has 136 valence electrons. The Bertz CT molecular complexity index is 1200. The Kier molecular flexibility index (Phi) is 3.64. The normalized spacial score (nSPS) is 16.0. The first-order valence-corrected chi connectivity index (χ1v) is 9.68. The summed E-state index contributed by atoms with van der Waals surface area (Å²) in [6.45, 7) is 6.80. The van der Waals surface area contributed by atoms with Gasteiger partial charge in [0.25, 0.3) is 0 Å². The summed E-state index contributed by atoms with van der Waals surface area (Å²) >= 11 is 3.48. The quantitative estimate of drug-likeness (QED) is 0.412. The summed E-state index contributed by atoms with van der Waals surface area (Å²) in [6.07, 6.45) is 2.40. The average Bonchev–Trinajstić information content (AvgIpc) is 3.00. The molecule has 3 aromatic heterocycles. The van der Waals surface area contributed by atoms with Gasteiger partial charge in [-0.2, -0.15) is 0 Å². The third-order valence-electron chi connectivity index (χ3n) is 5.15. The third kappa shape index (κ3) is 2.66. The minimum Gasteiger partial charge on any atom is -0.434 e. The van der Waals surface area contributed by atoms with E-state index in [1.165, 1.54) is 5.56 Å². The number of aryl methyl sites for hydroxylation is 1. The van der Waals surface area contributed by atoms with Crippen LogP contribution in [0.25, 0.3) is 33.5 Å². The van der Waals surface area contributed by atoms with Crippen molar-refractivity contribution >= 4 is 38.1 Å². The number of hydrogen-bond donors (Lipinski definition) is 0. The van der Waals surface area contributed by atoms with Crippen molar-refractivity contribution in [2.75, 3.05) is 0 Å². The second-order valence-corrected chi connectivity index (χ2v) is 8.48. The Balaban J connectivity index is 1.84. The summed E-state index contributed by atoms with van der Waals surface area (Å²) in [5.41, 5.74) is 6.99. The fraction of sp³-hybridized carbons (Fsp3) is 0.286. The zero-order chi connectivity index (χ0) is 18.8. The van der Waals surface area contributed by atoms with Crippen LogP contribution in [0.5, 0.6) is 0 Å². The van der Waals surface area contributed by atoms with Crippen LogP contribution in [-0.2, 0) is 17.8 Å². The summed E-state index contributed by atoms with van der Waals surface area (Å²) < 4.78 is 13.2. The summed E-state index contributed by atoms with van der Waals surface area (Å²) in [4.78, 5) is 13.8. The Morgan fingerprint density at radius 2 is 1.85 bits per heavy atom. The lowest BCUT2D eigenvalue weighted by Gasteiger charge is -2.32. The molecule has 27 heavy (non-hydrogen) atoms. The first-order valence-electron chi connectivity index (χ1n) is 8.88. The van der Waals surface area contributed by atoms with E-state index >= 15 is 0 Å². The van der Waals surface area contributed by atoms with Crippen LogP contribution in [-0.4, -0.2) is 20.6 Å². The van der Waals surface area contributed by atoms with Crippen molar-refractivity contribution in [3.63, 3.8) is 0 Å². The summed E-state index contributed by atoms with van der Waals surface area (Å²) in [6, 6.07) is 8.03. The Hall–Kier alpha value is -2.31. The molecule has 1 aromatic carbocycles. The highest BCUT2D eigenvalue weighted by molar-refractivity contribution is 9.10. The van der Waals surface area contributed by atoms with E-state index in [9.17, 15) is 0 Å². The molecule has 0 N–H and O–H groups in total. The lowest BCUT2D eigenvalue weighted by Crippen LogP contribution is -2.32. The van der Waals surface area contributed by atoms with E-state index in [4.69, 9.17) is 14.1 Å². The van der Waals surface area contributed by atoms with Crippen LogP contribution in [0.2, 0.25) is 0 Å². The van der Waals surface area contributed by atoms with Gasteiger partial charge in [-0.05, 0) is 38.5 Å². The maximum absolute atomic E-state index is 6.19. The van der Waals surface area contributed by atoms with Crippen molar-refractivity contribution in [1.29, 1.82) is 0 Å². The predicted octanol–water partition coefficient (Wildman–Crippen LogP) is 5.36. The van der Waals surface area contributed by atoms with Crippen molar-refractivity contribution in [3.8, 4) is 11.3 Å². The van der Waals surface area contributed by atoms with Gasteiger partial charge in [-0.15, -0.1) is 0 Å². The van der Waals surface area contributed by atoms with Crippen LogP contribution >= 0.6 is 15.9 Å². The maximum atomic E-state index is 6.19. The Morgan fingerprint density at radius 1 is 1.07 bits per heavy atom. The van der Waals surface area contributed by atoms with Gasteiger partial charge in [0.05, 0.1) is 17.6 Å². The number of rotatable bonds is 1. The second kappa shape index (κ2) is 5.84. The lowest BCUT2D eigenvalue weighted by atomic mass is 9.89. The van der Waals surface area contributed by atoms with E-state index < -0.39 is 0 Å². The molecule has 0 fully saturated rings. The van der Waals surface area contributed by atoms with Crippen molar-refractivity contribution in [3.05, 3.63) is 51.9 Å². The molecule has 4 heterocycles. The largest absolute Gasteiger partial charge is 0.434 e. The van der Waals surface area contributed by atoms with Gasteiger partial charge >= 0.3 is 0 Å². The van der Waals surface area contributed by atoms with Crippen LogP contribution in [0.15, 0.2) is 39.5 Å². The van der Waals surface area contributed by atoms with Crippen molar-refractivity contribution in [2.24, 2.45) is 0 Å². The number of halogens is 1. The molecule has 0 atom stereocenters. The third-order valence-corrected chi connectivity index (χ3v) is 5.68. The molecule has 0 bridgehead atoms. The standard InChI is InChI=1S/C21H18BrN3O2/c1-11-15-9-26-21(2,3)8-14(15)16-18-19(27-20(16)25-11)17(23-10-24-18)12-4-6-13(22)7-5-12/h4-7,10H,8-9H2,1-3H3. The molecule has 0 aliphatic carbocycles. The van der Waals surface area contributed by atoms with Crippen LogP contribution in [0.4, 0.5) is 0 Å². The van der Waals surface area contributed by atoms with Gasteiger partial charge in [-0.1, -0.05) is 28.1 Å². The van der Waals surface area contributed by atoms with Gasteiger partial charge in [0, 0.05) is 27.7 Å². The molecule has 1 aliphatic rings. The van der Waals surface area contributed by atoms with Gasteiger partial charge in [-0.25, -0.2) is 15.0 Å². The zero-order valence-electron chi connectivity index (χ0n) is 15.3. The van der Waals surface area contributed by atoms with E-state index in [1.54, 1.807) is 6.33 Å². The number of hydrogen-bond acceptors (Lipinski definition) is 5. The number of benzene rings is 1. The highest BCUT2D eigenvalue weighted by Gasteiger charge is 2.31. The lowest BCUT2D eigenvalue weighted by molar-refractivity contribution is -0.0400. The highest BCUT2D eigenvalue weighted by Crippen LogP contribution is 2.39. The van der Waals surface area contributed by atoms with Crippen molar-refractivity contribution < 1.29 is 9.15 Å². The minimum absolute atomic E-state index is 0.223. The molecule has 4 aromatic rings. The molecule has 6 heteroatoms. The zero-order valence-corrected chi connectivity index (χ0v) is 16.9. The second-order valence-electron chi connectivity index (χ2n) is 7.57. The molecule has 5 rings (SSSR count). The number of ether oxygens (including phenoxy) is 1.